The van der Waals surface area contributed by atoms with E-state index in [0.717, 1.165) is 26.6 Å². The summed E-state index contributed by atoms with van der Waals surface area (Å²) in [7, 11) is 1.67. The lowest BCUT2D eigenvalue weighted by molar-refractivity contribution is 0.0997. The van der Waals surface area contributed by atoms with E-state index in [1.165, 1.54) is 11.3 Å². The van der Waals surface area contributed by atoms with Crippen LogP contribution in [0.1, 0.15) is 24.2 Å². The number of methoxy groups -OCH3 is 1. The highest BCUT2D eigenvalue weighted by Crippen LogP contribution is 2.24. The smallest absolute Gasteiger partial charge is 0.279 e. The first-order valence-corrected chi connectivity index (χ1v) is 11.0. The Balaban J connectivity index is 2.04. The topological polar surface area (TPSA) is 52.8 Å². The van der Waals surface area contributed by atoms with E-state index in [4.69, 9.17) is 9.47 Å². The third kappa shape index (κ3) is 4.84. The molecule has 3 aromatic rings. The second-order valence-corrected chi connectivity index (χ2v) is 8.32. The molecule has 0 saturated heterocycles. The minimum absolute atomic E-state index is 0.235. The zero-order valence-corrected chi connectivity index (χ0v) is 17.9. The van der Waals surface area contributed by atoms with E-state index in [1.807, 2.05) is 54.0 Å². The number of rotatable bonds is 8. The molecule has 0 fully saturated rings. The SMILES string of the molecule is CCOc1ccc2c(c1)sc(=NC(=O)c1cccc(SCC)c1)n2CCOC. The molecule has 0 spiro atoms. The molecule has 3 rings (SSSR count). The summed E-state index contributed by atoms with van der Waals surface area (Å²) in [4.78, 5) is 19.0. The standard InChI is InChI=1S/C21H24N2O3S2/c1-4-26-16-9-10-18-19(14-16)28-21(23(18)11-12-25-3)22-20(24)15-7-6-8-17(13-15)27-5-2/h6-10,13-14H,4-5,11-12H2,1-3H3. The number of carbonyl (C=O) groups excluding carboxylic acids is 1. The zero-order valence-electron chi connectivity index (χ0n) is 16.3. The number of thiazole rings is 1. The number of hydrogen-bond donors (Lipinski definition) is 0. The molecule has 1 heterocycles. The van der Waals surface area contributed by atoms with Crippen molar-refractivity contribution in [3.8, 4) is 5.75 Å². The predicted molar refractivity (Wildman–Crippen MR) is 116 cm³/mol. The second-order valence-electron chi connectivity index (χ2n) is 5.97. The largest absolute Gasteiger partial charge is 0.494 e. The van der Waals surface area contributed by atoms with Crippen molar-refractivity contribution in [1.82, 2.24) is 4.57 Å². The van der Waals surface area contributed by atoms with Crippen molar-refractivity contribution in [2.24, 2.45) is 4.99 Å². The van der Waals surface area contributed by atoms with Gasteiger partial charge in [0.05, 0.1) is 23.4 Å². The van der Waals surface area contributed by atoms with E-state index in [-0.39, 0.29) is 5.91 Å². The van der Waals surface area contributed by atoms with Crippen molar-refractivity contribution >= 4 is 39.2 Å². The number of thioether (sulfide) groups is 1. The summed E-state index contributed by atoms with van der Waals surface area (Å²) < 4.78 is 13.9. The van der Waals surface area contributed by atoms with Crippen LogP contribution in [-0.4, -0.2) is 36.6 Å². The highest BCUT2D eigenvalue weighted by atomic mass is 32.2. The van der Waals surface area contributed by atoms with Gasteiger partial charge >= 0.3 is 0 Å². The minimum Gasteiger partial charge on any atom is -0.494 e. The number of aromatic nitrogens is 1. The van der Waals surface area contributed by atoms with Crippen LogP contribution in [0.25, 0.3) is 10.2 Å². The summed E-state index contributed by atoms with van der Waals surface area (Å²) in [5.41, 5.74) is 1.62. The van der Waals surface area contributed by atoms with Crippen molar-refractivity contribution in [2.45, 2.75) is 25.3 Å². The summed E-state index contributed by atoms with van der Waals surface area (Å²) >= 11 is 3.20. The van der Waals surface area contributed by atoms with Gasteiger partial charge in [-0.3, -0.25) is 4.79 Å². The molecule has 0 saturated carbocycles. The Morgan fingerprint density at radius 2 is 2.07 bits per heavy atom. The molecule has 28 heavy (non-hydrogen) atoms. The van der Waals surface area contributed by atoms with Gasteiger partial charge in [0.2, 0.25) is 0 Å². The van der Waals surface area contributed by atoms with Crippen LogP contribution >= 0.6 is 23.1 Å². The van der Waals surface area contributed by atoms with Crippen LogP contribution in [-0.2, 0) is 11.3 Å². The van der Waals surface area contributed by atoms with Crippen molar-refractivity contribution in [3.05, 3.63) is 52.8 Å². The van der Waals surface area contributed by atoms with Crippen molar-refractivity contribution < 1.29 is 14.3 Å². The number of amides is 1. The van der Waals surface area contributed by atoms with Gasteiger partial charge in [0.15, 0.2) is 4.80 Å². The van der Waals surface area contributed by atoms with E-state index >= 15 is 0 Å². The molecule has 1 aromatic heterocycles. The predicted octanol–water partition coefficient (Wildman–Crippen LogP) is 4.60. The number of benzene rings is 2. The number of carbonyl (C=O) groups is 1. The first kappa shape index (κ1) is 20.6. The normalized spacial score (nSPS) is 11.9. The summed E-state index contributed by atoms with van der Waals surface area (Å²) in [6, 6.07) is 13.6. The Morgan fingerprint density at radius 1 is 1.21 bits per heavy atom. The molecule has 7 heteroatoms. The highest BCUT2D eigenvalue weighted by Gasteiger charge is 2.11. The van der Waals surface area contributed by atoms with E-state index in [9.17, 15) is 4.79 Å². The number of hydrogen-bond acceptors (Lipinski definition) is 5. The van der Waals surface area contributed by atoms with E-state index < -0.39 is 0 Å². The second kappa shape index (κ2) is 9.91. The van der Waals surface area contributed by atoms with Gasteiger partial charge in [-0.05, 0) is 49.1 Å². The zero-order chi connectivity index (χ0) is 19.9. The van der Waals surface area contributed by atoms with Crippen LogP contribution in [0, 0.1) is 0 Å². The molecule has 0 N–H and O–H groups in total. The molecule has 0 unspecified atom stereocenters. The monoisotopic (exact) mass is 416 g/mol. The van der Waals surface area contributed by atoms with Gasteiger partial charge in [0, 0.05) is 24.1 Å². The van der Waals surface area contributed by atoms with Crippen LogP contribution in [0.4, 0.5) is 0 Å². The molecular weight excluding hydrogens is 392 g/mol. The first-order valence-electron chi connectivity index (χ1n) is 9.23. The minimum atomic E-state index is -0.235. The number of nitrogens with zero attached hydrogens (tertiary/aromatic N) is 2. The molecule has 148 valence electrons. The maximum atomic E-state index is 12.8. The molecule has 0 radical (unpaired) electrons. The first-order chi connectivity index (χ1) is 13.7. The Bertz CT molecular complexity index is 1020. The lowest BCUT2D eigenvalue weighted by atomic mass is 10.2. The molecule has 5 nitrogen and oxygen atoms in total. The van der Waals surface area contributed by atoms with Gasteiger partial charge in [-0.2, -0.15) is 4.99 Å². The molecular formula is C21H24N2O3S2. The summed E-state index contributed by atoms with van der Waals surface area (Å²) in [5.74, 6) is 1.54. The molecule has 0 aliphatic heterocycles. The molecule has 2 aromatic carbocycles. The molecule has 1 amide bonds. The molecule has 0 aliphatic rings. The molecule has 0 aliphatic carbocycles. The third-order valence-corrected chi connectivity index (χ3v) is 5.99. The van der Waals surface area contributed by atoms with E-state index in [0.29, 0.717) is 30.1 Å². The Morgan fingerprint density at radius 3 is 2.82 bits per heavy atom. The van der Waals surface area contributed by atoms with E-state index in [1.54, 1.807) is 18.9 Å². The van der Waals surface area contributed by atoms with Crippen molar-refractivity contribution in [3.63, 3.8) is 0 Å². The van der Waals surface area contributed by atoms with Gasteiger partial charge in [0.1, 0.15) is 5.75 Å². The van der Waals surface area contributed by atoms with Gasteiger partial charge in [0.25, 0.3) is 5.91 Å². The Kier molecular flexibility index (Phi) is 7.30. The Labute approximate surface area is 173 Å². The van der Waals surface area contributed by atoms with Gasteiger partial charge < -0.3 is 14.0 Å². The fourth-order valence-corrected chi connectivity index (χ4v) is 4.63. The van der Waals surface area contributed by atoms with Gasteiger partial charge in [-0.15, -0.1) is 11.8 Å². The summed E-state index contributed by atoms with van der Waals surface area (Å²) in [6.07, 6.45) is 0. The number of fused-ring (bicyclic) bond motifs is 1. The van der Waals surface area contributed by atoms with Gasteiger partial charge in [-0.25, -0.2) is 0 Å². The lowest BCUT2D eigenvalue weighted by Gasteiger charge is -2.06. The number of ether oxygens (including phenoxy) is 2. The van der Waals surface area contributed by atoms with Crippen molar-refractivity contribution in [2.75, 3.05) is 26.1 Å². The van der Waals surface area contributed by atoms with Gasteiger partial charge in [-0.1, -0.05) is 24.3 Å². The summed E-state index contributed by atoms with van der Waals surface area (Å²) in [6.45, 7) is 5.84. The van der Waals surface area contributed by atoms with Crippen molar-refractivity contribution in [1.29, 1.82) is 0 Å². The van der Waals surface area contributed by atoms with Crippen LogP contribution in [0.5, 0.6) is 5.75 Å². The molecule has 0 atom stereocenters. The van der Waals surface area contributed by atoms with Crippen LogP contribution in [0.15, 0.2) is 52.4 Å². The Hall–Kier alpha value is -2.09. The fraction of sp³-hybridized carbons (Fsp3) is 0.333. The van der Waals surface area contributed by atoms with Crippen LogP contribution in [0.2, 0.25) is 0 Å². The average Bonchev–Trinajstić information content (AvgIpc) is 3.03. The lowest BCUT2D eigenvalue weighted by Crippen LogP contribution is -2.19. The summed E-state index contributed by atoms with van der Waals surface area (Å²) in [5, 5.41) is 0. The fourth-order valence-electron chi connectivity index (χ4n) is 2.83. The maximum absolute atomic E-state index is 12.8. The maximum Gasteiger partial charge on any atom is 0.279 e. The third-order valence-electron chi connectivity index (χ3n) is 4.07. The highest BCUT2D eigenvalue weighted by molar-refractivity contribution is 7.99. The van der Waals surface area contributed by atoms with Crippen LogP contribution < -0.4 is 9.54 Å². The quantitative estimate of drug-likeness (QED) is 0.504. The van der Waals surface area contributed by atoms with E-state index in [2.05, 4.69) is 11.9 Å². The molecule has 0 bridgehead atoms. The van der Waals surface area contributed by atoms with Crippen LogP contribution in [0.3, 0.4) is 0 Å². The average molecular weight is 417 g/mol.